The molecule has 1 aromatic heterocycles. The predicted molar refractivity (Wildman–Crippen MR) is 78.2 cm³/mol. The van der Waals surface area contributed by atoms with E-state index in [0.29, 0.717) is 17.7 Å². The number of hydrogen-bond donors (Lipinski definition) is 1. The Morgan fingerprint density at radius 2 is 1.90 bits per heavy atom. The molecule has 2 aromatic rings. The smallest absolute Gasteiger partial charge is 0.261 e. The van der Waals surface area contributed by atoms with Crippen LogP contribution in [0.15, 0.2) is 24.4 Å². The summed E-state index contributed by atoms with van der Waals surface area (Å²) in [5.74, 6) is -0.360. The molecule has 0 saturated carbocycles. The minimum absolute atomic E-state index is 0.178. The Balaban J connectivity index is 1.69. The third-order valence-corrected chi connectivity index (χ3v) is 3.89. The lowest BCUT2D eigenvalue weighted by atomic mass is 10.1. The van der Waals surface area contributed by atoms with Crippen molar-refractivity contribution >= 4 is 11.8 Å². The summed E-state index contributed by atoms with van der Waals surface area (Å²) in [5.41, 5.74) is 4.20. The summed E-state index contributed by atoms with van der Waals surface area (Å²) in [6.07, 6.45) is 3.33. The van der Waals surface area contributed by atoms with Gasteiger partial charge in [-0.15, -0.1) is 0 Å². The first kappa shape index (κ1) is 13.5. The van der Waals surface area contributed by atoms with Gasteiger partial charge in [0.25, 0.3) is 11.8 Å². The van der Waals surface area contributed by atoms with E-state index in [0.717, 1.165) is 29.7 Å². The molecular formula is C16H17N3O2. The van der Waals surface area contributed by atoms with E-state index in [1.807, 2.05) is 19.9 Å². The summed E-state index contributed by atoms with van der Waals surface area (Å²) in [6, 6.07) is 5.39. The van der Waals surface area contributed by atoms with Gasteiger partial charge in [-0.3, -0.25) is 19.6 Å². The van der Waals surface area contributed by atoms with Crippen LogP contribution in [0.1, 0.15) is 44.0 Å². The molecule has 0 spiro atoms. The maximum Gasteiger partial charge on any atom is 0.261 e. The first-order valence-corrected chi connectivity index (χ1v) is 7.03. The van der Waals surface area contributed by atoms with Crippen LogP contribution in [0, 0.1) is 13.8 Å². The van der Waals surface area contributed by atoms with E-state index in [4.69, 9.17) is 0 Å². The van der Waals surface area contributed by atoms with E-state index in [2.05, 4.69) is 10.2 Å². The highest BCUT2D eigenvalue weighted by molar-refractivity contribution is 6.21. The van der Waals surface area contributed by atoms with Crippen LogP contribution in [0.25, 0.3) is 0 Å². The van der Waals surface area contributed by atoms with Gasteiger partial charge in [0, 0.05) is 12.2 Å². The molecule has 5 nitrogen and oxygen atoms in total. The van der Waals surface area contributed by atoms with Gasteiger partial charge in [-0.25, -0.2) is 0 Å². The highest BCUT2D eigenvalue weighted by Crippen LogP contribution is 2.24. The Hall–Kier alpha value is -2.43. The Morgan fingerprint density at radius 1 is 1.14 bits per heavy atom. The lowest BCUT2D eigenvalue weighted by Gasteiger charge is -2.13. The van der Waals surface area contributed by atoms with Crippen molar-refractivity contribution in [3.05, 3.63) is 52.3 Å². The van der Waals surface area contributed by atoms with E-state index in [9.17, 15) is 9.59 Å². The number of aromatic amines is 1. The lowest BCUT2D eigenvalue weighted by Crippen LogP contribution is -2.30. The molecule has 0 fully saturated rings. The van der Waals surface area contributed by atoms with Gasteiger partial charge in [-0.2, -0.15) is 5.10 Å². The number of hydrogen-bond acceptors (Lipinski definition) is 3. The van der Waals surface area contributed by atoms with Gasteiger partial charge >= 0.3 is 0 Å². The molecule has 5 heteroatoms. The molecule has 2 amide bonds. The van der Waals surface area contributed by atoms with E-state index in [-0.39, 0.29) is 11.8 Å². The molecule has 0 bridgehead atoms. The average molecular weight is 283 g/mol. The van der Waals surface area contributed by atoms with Crippen LogP contribution in [0.5, 0.6) is 0 Å². The van der Waals surface area contributed by atoms with E-state index < -0.39 is 0 Å². The highest BCUT2D eigenvalue weighted by atomic mass is 16.2. The number of carbonyl (C=O) groups is 2. The number of imide groups is 1. The number of carbonyl (C=O) groups excluding carboxylic acids is 2. The van der Waals surface area contributed by atoms with Crippen molar-refractivity contribution in [2.24, 2.45) is 0 Å². The van der Waals surface area contributed by atoms with E-state index >= 15 is 0 Å². The van der Waals surface area contributed by atoms with Crippen LogP contribution in [0.4, 0.5) is 0 Å². The van der Waals surface area contributed by atoms with Crippen molar-refractivity contribution in [1.29, 1.82) is 0 Å². The summed E-state index contributed by atoms with van der Waals surface area (Å²) >= 11 is 0. The number of amides is 2. The fourth-order valence-corrected chi connectivity index (χ4v) is 2.66. The van der Waals surface area contributed by atoms with Crippen molar-refractivity contribution in [2.45, 2.75) is 26.7 Å². The zero-order valence-corrected chi connectivity index (χ0v) is 12.1. The molecule has 0 unspecified atom stereocenters. The number of nitrogens with one attached hydrogen (secondary N) is 1. The number of aromatic nitrogens is 2. The quantitative estimate of drug-likeness (QED) is 0.875. The van der Waals surface area contributed by atoms with Crippen molar-refractivity contribution in [3.8, 4) is 0 Å². The van der Waals surface area contributed by atoms with Crippen molar-refractivity contribution in [3.63, 3.8) is 0 Å². The monoisotopic (exact) mass is 283 g/mol. The molecule has 1 aliphatic rings. The van der Waals surface area contributed by atoms with Crippen LogP contribution in [0.2, 0.25) is 0 Å². The average Bonchev–Trinajstić information content (AvgIpc) is 2.96. The third kappa shape index (κ3) is 2.35. The molecule has 1 aliphatic heterocycles. The molecule has 0 atom stereocenters. The number of nitrogens with zero attached hydrogens (tertiary/aromatic N) is 2. The Morgan fingerprint density at radius 3 is 2.62 bits per heavy atom. The summed E-state index contributed by atoms with van der Waals surface area (Å²) in [5, 5.41) is 6.86. The van der Waals surface area contributed by atoms with Gasteiger partial charge < -0.3 is 0 Å². The van der Waals surface area contributed by atoms with Crippen molar-refractivity contribution in [1.82, 2.24) is 15.1 Å². The highest BCUT2D eigenvalue weighted by Gasteiger charge is 2.34. The minimum Gasteiger partial charge on any atom is -0.283 e. The molecule has 21 heavy (non-hydrogen) atoms. The standard InChI is InChI=1S/C16H17N3O2/c1-10-5-6-13-14(8-10)16(21)19(15(13)20)7-3-4-12-9-17-18-11(12)2/h5-6,8-9H,3-4,7H2,1-2H3,(H,17,18). The van der Waals surface area contributed by atoms with Gasteiger partial charge in [0.1, 0.15) is 0 Å². The summed E-state index contributed by atoms with van der Waals surface area (Å²) in [4.78, 5) is 25.9. The van der Waals surface area contributed by atoms with Gasteiger partial charge in [-0.05, 0) is 44.4 Å². The second-order valence-electron chi connectivity index (χ2n) is 5.43. The summed E-state index contributed by atoms with van der Waals surface area (Å²) in [6.45, 7) is 4.32. The molecule has 2 heterocycles. The van der Waals surface area contributed by atoms with Crippen LogP contribution < -0.4 is 0 Å². The van der Waals surface area contributed by atoms with E-state index in [1.165, 1.54) is 4.90 Å². The van der Waals surface area contributed by atoms with Gasteiger partial charge in [0.15, 0.2) is 0 Å². The minimum atomic E-state index is -0.182. The van der Waals surface area contributed by atoms with Crippen molar-refractivity contribution in [2.75, 3.05) is 6.54 Å². The van der Waals surface area contributed by atoms with Crippen molar-refractivity contribution < 1.29 is 9.59 Å². The number of rotatable bonds is 4. The molecule has 3 rings (SSSR count). The molecule has 108 valence electrons. The number of H-pyrrole nitrogens is 1. The Kier molecular flexibility index (Phi) is 3.33. The normalized spacial score (nSPS) is 13.9. The largest absolute Gasteiger partial charge is 0.283 e. The van der Waals surface area contributed by atoms with Gasteiger partial charge in [0.05, 0.1) is 17.3 Å². The van der Waals surface area contributed by atoms with Crippen LogP contribution >= 0.6 is 0 Å². The first-order chi connectivity index (χ1) is 10.1. The Bertz CT molecular complexity index is 718. The zero-order valence-electron chi connectivity index (χ0n) is 12.1. The zero-order chi connectivity index (χ0) is 15.0. The fraction of sp³-hybridized carbons (Fsp3) is 0.312. The second kappa shape index (κ2) is 5.16. The lowest BCUT2D eigenvalue weighted by molar-refractivity contribution is 0.0652. The molecular weight excluding hydrogens is 266 g/mol. The molecule has 1 N–H and O–H groups in total. The molecule has 0 aliphatic carbocycles. The Labute approximate surface area is 123 Å². The molecule has 0 saturated heterocycles. The van der Waals surface area contributed by atoms with Gasteiger partial charge in [0.2, 0.25) is 0 Å². The topological polar surface area (TPSA) is 66.1 Å². The predicted octanol–water partition coefficient (Wildman–Crippen LogP) is 2.26. The number of benzene rings is 1. The van der Waals surface area contributed by atoms with Crippen LogP contribution in [-0.2, 0) is 6.42 Å². The number of fused-ring (bicyclic) bond motifs is 1. The number of aryl methyl sites for hydroxylation is 3. The SMILES string of the molecule is Cc1ccc2c(c1)C(=O)N(CCCc1cn[nH]c1C)C2=O. The maximum absolute atomic E-state index is 12.3. The van der Waals surface area contributed by atoms with Gasteiger partial charge in [-0.1, -0.05) is 11.6 Å². The molecule has 0 radical (unpaired) electrons. The molecule has 1 aromatic carbocycles. The fourth-order valence-electron chi connectivity index (χ4n) is 2.66. The van der Waals surface area contributed by atoms with Crippen LogP contribution in [0.3, 0.4) is 0 Å². The maximum atomic E-state index is 12.3. The first-order valence-electron chi connectivity index (χ1n) is 7.03. The van der Waals surface area contributed by atoms with E-state index in [1.54, 1.807) is 18.3 Å². The van der Waals surface area contributed by atoms with Crippen LogP contribution in [-0.4, -0.2) is 33.5 Å². The second-order valence-corrected chi connectivity index (χ2v) is 5.43. The summed E-state index contributed by atoms with van der Waals surface area (Å²) in [7, 11) is 0. The third-order valence-electron chi connectivity index (χ3n) is 3.89. The summed E-state index contributed by atoms with van der Waals surface area (Å²) < 4.78 is 0.